The monoisotopic (exact) mass is 358 g/mol. The van der Waals surface area contributed by atoms with Gasteiger partial charge in [-0.25, -0.2) is 4.79 Å². The Morgan fingerprint density at radius 1 is 0.852 bits per heavy atom. The third-order valence-electron chi connectivity index (χ3n) is 5.32. The predicted octanol–water partition coefficient (Wildman–Crippen LogP) is 2.92. The summed E-state index contributed by atoms with van der Waals surface area (Å²) in [5.41, 5.74) is 2.69. The highest BCUT2D eigenvalue weighted by Crippen LogP contribution is 2.31. The molecule has 3 aromatic carbocycles. The molecule has 0 saturated heterocycles. The molecule has 1 atom stereocenters. The predicted molar refractivity (Wildman–Crippen MR) is 105 cm³/mol. The molecule has 0 saturated carbocycles. The van der Waals surface area contributed by atoms with Gasteiger partial charge in [0.1, 0.15) is 12.3 Å². The highest BCUT2D eigenvalue weighted by molar-refractivity contribution is 6.05. The first-order valence-corrected chi connectivity index (χ1v) is 9.27. The number of benzene rings is 3. The van der Waals surface area contributed by atoms with Crippen LogP contribution in [0.2, 0.25) is 0 Å². The van der Waals surface area contributed by atoms with E-state index in [9.17, 15) is 4.79 Å². The molecule has 1 unspecified atom stereocenters. The largest absolute Gasteiger partial charge is 0.445 e. The average Bonchev–Trinajstić information content (AvgIpc) is 2.73. The first kappa shape index (κ1) is 16.1. The van der Waals surface area contributed by atoms with Crippen molar-refractivity contribution < 1.29 is 14.1 Å². The molecule has 0 fully saturated rings. The van der Waals surface area contributed by atoms with Crippen molar-refractivity contribution in [3.63, 3.8) is 0 Å². The van der Waals surface area contributed by atoms with Crippen LogP contribution in [0.15, 0.2) is 75.9 Å². The topological polar surface area (TPSA) is 43.9 Å². The standard InChI is InChI=1S/C23H19NO3/c25-23-19-9-5-4-8-17(19)18-10-11-21-20(22(18)27-23)14-24(15-26-21)13-12-16-6-2-1-3-7-16/h1-11H,12-15H2/p+1. The summed E-state index contributed by atoms with van der Waals surface area (Å²) in [7, 11) is 0. The summed E-state index contributed by atoms with van der Waals surface area (Å²) in [6.45, 7) is 2.39. The summed E-state index contributed by atoms with van der Waals surface area (Å²) in [4.78, 5) is 13.8. The molecule has 1 aliphatic heterocycles. The molecule has 0 bridgehead atoms. The Labute approximate surface area is 156 Å². The van der Waals surface area contributed by atoms with Gasteiger partial charge in [-0.2, -0.15) is 0 Å². The van der Waals surface area contributed by atoms with Crippen molar-refractivity contribution in [2.75, 3.05) is 13.3 Å². The molecule has 1 N–H and O–H groups in total. The maximum absolute atomic E-state index is 12.5. The highest BCUT2D eigenvalue weighted by Gasteiger charge is 2.24. The second-order valence-corrected chi connectivity index (χ2v) is 7.06. The Morgan fingerprint density at radius 3 is 2.48 bits per heavy atom. The Kier molecular flexibility index (Phi) is 3.91. The molecule has 0 aliphatic carbocycles. The zero-order valence-corrected chi connectivity index (χ0v) is 14.9. The maximum atomic E-state index is 12.5. The van der Waals surface area contributed by atoms with Crippen LogP contribution in [0, 0.1) is 0 Å². The molecule has 27 heavy (non-hydrogen) atoms. The third kappa shape index (κ3) is 2.88. The molecule has 0 radical (unpaired) electrons. The van der Waals surface area contributed by atoms with Crippen LogP contribution in [-0.4, -0.2) is 13.3 Å². The zero-order valence-electron chi connectivity index (χ0n) is 14.9. The van der Waals surface area contributed by atoms with Crippen LogP contribution in [-0.2, 0) is 13.0 Å². The van der Waals surface area contributed by atoms with Gasteiger partial charge in [0.2, 0.25) is 6.73 Å². The van der Waals surface area contributed by atoms with Gasteiger partial charge in [0, 0.05) is 11.8 Å². The van der Waals surface area contributed by atoms with Gasteiger partial charge in [0.15, 0.2) is 5.58 Å². The van der Waals surface area contributed by atoms with E-state index in [1.165, 1.54) is 10.5 Å². The molecule has 134 valence electrons. The highest BCUT2D eigenvalue weighted by atomic mass is 16.5. The van der Waals surface area contributed by atoms with E-state index in [1.807, 2.05) is 42.5 Å². The second kappa shape index (κ2) is 6.56. The Bertz CT molecular complexity index is 1180. The molecule has 0 amide bonds. The van der Waals surface area contributed by atoms with Crippen LogP contribution in [0.25, 0.3) is 21.7 Å². The number of nitrogens with one attached hydrogen (secondary N) is 1. The van der Waals surface area contributed by atoms with E-state index in [0.29, 0.717) is 17.7 Å². The Balaban J connectivity index is 1.52. The van der Waals surface area contributed by atoms with Gasteiger partial charge in [-0.3, -0.25) is 4.90 Å². The number of fused-ring (bicyclic) bond motifs is 5. The summed E-state index contributed by atoms with van der Waals surface area (Å²) < 4.78 is 11.7. The second-order valence-electron chi connectivity index (χ2n) is 7.06. The summed E-state index contributed by atoms with van der Waals surface area (Å²) >= 11 is 0. The summed E-state index contributed by atoms with van der Waals surface area (Å²) in [6, 6.07) is 22.1. The normalized spacial score (nSPS) is 16.2. The van der Waals surface area contributed by atoms with Gasteiger partial charge in [-0.05, 0) is 29.1 Å². The quantitative estimate of drug-likeness (QED) is 0.452. The van der Waals surface area contributed by atoms with Gasteiger partial charge in [-0.1, -0.05) is 48.5 Å². The first-order valence-electron chi connectivity index (χ1n) is 9.27. The fourth-order valence-corrected chi connectivity index (χ4v) is 3.89. The summed E-state index contributed by atoms with van der Waals surface area (Å²) in [5.74, 6) is 0.824. The SMILES string of the molecule is O=c1oc2c3c(ccc2c2ccccc12)OC[NH+](CCc1ccccc1)C3. The molecule has 2 heterocycles. The number of hydrogen-bond acceptors (Lipinski definition) is 3. The smallest absolute Gasteiger partial charge is 0.344 e. The van der Waals surface area contributed by atoms with Crippen molar-refractivity contribution in [3.05, 3.63) is 88.3 Å². The molecule has 4 aromatic rings. The molecule has 1 aliphatic rings. The minimum absolute atomic E-state index is 0.289. The van der Waals surface area contributed by atoms with Crippen molar-refractivity contribution in [1.82, 2.24) is 0 Å². The van der Waals surface area contributed by atoms with E-state index in [1.54, 1.807) is 0 Å². The van der Waals surface area contributed by atoms with Crippen LogP contribution < -0.4 is 15.3 Å². The lowest BCUT2D eigenvalue weighted by Gasteiger charge is -2.26. The molecule has 0 spiro atoms. The molecule has 5 rings (SSSR count). The van der Waals surface area contributed by atoms with E-state index < -0.39 is 0 Å². The fraction of sp³-hybridized carbons (Fsp3) is 0.174. The molecule has 4 heteroatoms. The molecule has 1 aromatic heterocycles. The van der Waals surface area contributed by atoms with Crippen molar-refractivity contribution in [1.29, 1.82) is 0 Å². The van der Waals surface area contributed by atoms with E-state index in [-0.39, 0.29) is 5.63 Å². The van der Waals surface area contributed by atoms with Gasteiger partial charge in [0.25, 0.3) is 0 Å². The number of quaternary nitrogens is 1. The Morgan fingerprint density at radius 2 is 1.63 bits per heavy atom. The summed E-state index contributed by atoms with van der Waals surface area (Å²) in [6.07, 6.45) is 0.993. The van der Waals surface area contributed by atoms with Crippen LogP contribution >= 0.6 is 0 Å². The number of rotatable bonds is 3. The van der Waals surface area contributed by atoms with E-state index in [0.717, 1.165) is 41.6 Å². The van der Waals surface area contributed by atoms with Crippen LogP contribution in [0.1, 0.15) is 11.1 Å². The van der Waals surface area contributed by atoms with Gasteiger partial charge >= 0.3 is 5.63 Å². The van der Waals surface area contributed by atoms with E-state index in [2.05, 4.69) is 24.3 Å². The van der Waals surface area contributed by atoms with Crippen molar-refractivity contribution in [2.45, 2.75) is 13.0 Å². The lowest BCUT2D eigenvalue weighted by Crippen LogP contribution is -3.12. The minimum Gasteiger partial charge on any atom is -0.445 e. The van der Waals surface area contributed by atoms with Gasteiger partial charge in [-0.15, -0.1) is 0 Å². The Hall–Kier alpha value is -3.11. The van der Waals surface area contributed by atoms with Crippen LogP contribution in [0.3, 0.4) is 0 Å². The zero-order chi connectivity index (χ0) is 18.2. The maximum Gasteiger partial charge on any atom is 0.344 e. The molecule has 4 nitrogen and oxygen atoms in total. The van der Waals surface area contributed by atoms with E-state index in [4.69, 9.17) is 9.15 Å². The number of ether oxygens (including phenoxy) is 1. The molecular formula is C23H20NO3+. The van der Waals surface area contributed by atoms with Gasteiger partial charge in [0.05, 0.1) is 17.5 Å². The average molecular weight is 358 g/mol. The lowest BCUT2D eigenvalue weighted by atomic mass is 10.0. The van der Waals surface area contributed by atoms with E-state index >= 15 is 0 Å². The summed E-state index contributed by atoms with van der Waals surface area (Å²) in [5, 5.41) is 2.52. The van der Waals surface area contributed by atoms with Crippen LogP contribution in [0.4, 0.5) is 0 Å². The third-order valence-corrected chi connectivity index (χ3v) is 5.32. The van der Waals surface area contributed by atoms with Crippen molar-refractivity contribution in [3.8, 4) is 5.75 Å². The molecular weight excluding hydrogens is 338 g/mol. The first-order chi connectivity index (χ1) is 13.3. The lowest BCUT2D eigenvalue weighted by molar-refractivity contribution is -0.932. The van der Waals surface area contributed by atoms with Crippen LogP contribution in [0.5, 0.6) is 5.75 Å². The minimum atomic E-state index is -0.289. The van der Waals surface area contributed by atoms with Crippen molar-refractivity contribution >= 4 is 21.7 Å². The van der Waals surface area contributed by atoms with Crippen molar-refractivity contribution in [2.24, 2.45) is 0 Å². The van der Waals surface area contributed by atoms with Gasteiger partial charge < -0.3 is 9.15 Å². The number of hydrogen-bond donors (Lipinski definition) is 1. The fourth-order valence-electron chi connectivity index (χ4n) is 3.89.